The van der Waals surface area contributed by atoms with Gasteiger partial charge in [-0.3, -0.25) is 9.69 Å². The molecule has 1 heterocycles. The van der Waals surface area contributed by atoms with E-state index in [0.717, 1.165) is 19.0 Å². The zero-order valence-corrected chi connectivity index (χ0v) is 14.9. The van der Waals surface area contributed by atoms with E-state index in [1.807, 2.05) is 0 Å². The van der Waals surface area contributed by atoms with Crippen molar-refractivity contribution in [1.29, 1.82) is 0 Å². The Balaban J connectivity index is 1.38. The molecule has 2 N–H and O–H groups in total. The Labute approximate surface area is 146 Å². The van der Waals surface area contributed by atoms with Crippen molar-refractivity contribution in [3.8, 4) is 0 Å². The summed E-state index contributed by atoms with van der Waals surface area (Å²) in [4.78, 5) is 14.4. The lowest BCUT2D eigenvalue weighted by atomic mass is 10.0. The summed E-state index contributed by atoms with van der Waals surface area (Å²) < 4.78 is 0. The number of hydrogen-bond acceptors (Lipinski definition) is 3. The topological polar surface area (TPSA) is 44.4 Å². The number of nitrogens with one attached hydrogen (secondary N) is 2. The van der Waals surface area contributed by atoms with Gasteiger partial charge >= 0.3 is 0 Å². The van der Waals surface area contributed by atoms with Crippen molar-refractivity contribution < 1.29 is 4.79 Å². The van der Waals surface area contributed by atoms with Gasteiger partial charge in [-0.1, -0.05) is 30.7 Å². The first kappa shape index (κ1) is 17.4. The van der Waals surface area contributed by atoms with E-state index >= 15 is 0 Å². The molecule has 1 amide bonds. The third-order valence-corrected chi connectivity index (χ3v) is 5.25. The summed E-state index contributed by atoms with van der Waals surface area (Å²) in [5.41, 5.74) is 2.53. The Kier molecular flexibility index (Phi) is 6.27. The smallest absolute Gasteiger partial charge is 0.234 e. The number of piperidine rings is 1. The second kappa shape index (κ2) is 8.63. The maximum atomic E-state index is 11.8. The van der Waals surface area contributed by atoms with Crippen LogP contribution in [-0.4, -0.2) is 36.5 Å². The zero-order chi connectivity index (χ0) is 16.8. The predicted molar refractivity (Wildman–Crippen MR) is 97.6 cm³/mol. The molecule has 0 spiro atoms. The molecule has 0 aromatic heterocycles. The summed E-state index contributed by atoms with van der Waals surface area (Å²) in [5.74, 6) is 0.898. The highest BCUT2D eigenvalue weighted by Crippen LogP contribution is 2.27. The normalized spacial score (nSPS) is 21.6. The van der Waals surface area contributed by atoms with Crippen molar-refractivity contribution in [3.63, 3.8) is 0 Å². The van der Waals surface area contributed by atoms with Crippen molar-refractivity contribution in [2.45, 2.75) is 58.2 Å². The fraction of sp³-hybridized carbons (Fsp3) is 0.650. The SMILES string of the molecule is CC1CCCCN1Cc1ccc(CNC(=O)CNCC2CC2)cc1. The van der Waals surface area contributed by atoms with Crippen molar-refractivity contribution >= 4 is 5.91 Å². The number of likely N-dealkylation sites (tertiary alicyclic amines) is 1. The molecule has 4 nitrogen and oxygen atoms in total. The molecule has 2 aliphatic rings. The summed E-state index contributed by atoms with van der Waals surface area (Å²) in [7, 11) is 0. The first-order valence-electron chi connectivity index (χ1n) is 9.50. The molecule has 1 atom stereocenters. The quantitative estimate of drug-likeness (QED) is 0.771. The van der Waals surface area contributed by atoms with Gasteiger partial charge in [0, 0.05) is 19.1 Å². The first-order valence-corrected chi connectivity index (χ1v) is 9.50. The molecule has 1 aliphatic heterocycles. The molecule has 4 heteroatoms. The number of rotatable bonds is 8. The molecular weight excluding hydrogens is 298 g/mol. The minimum absolute atomic E-state index is 0.0851. The summed E-state index contributed by atoms with van der Waals surface area (Å²) in [6.07, 6.45) is 6.64. The van der Waals surface area contributed by atoms with Crippen LogP contribution in [0.1, 0.15) is 50.2 Å². The highest BCUT2D eigenvalue weighted by molar-refractivity contribution is 5.77. The van der Waals surface area contributed by atoms with E-state index in [1.54, 1.807) is 0 Å². The molecular formula is C20H31N3O. The predicted octanol–water partition coefficient (Wildman–Crippen LogP) is 2.68. The van der Waals surface area contributed by atoms with Crippen LogP contribution in [0.5, 0.6) is 0 Å². The molecule has 24 heavy (non-hydrogen) atoms. The Hall–Kier alpha value is -1.39. The molecule has 132 valence electrons. The molecule has 0 radical (unpaired) electrons. The molecule has 1 saturated heterocycles. The fourth-order valence-electron chi connectivity index (χ4n) is 3.36. The van der Waals surface area contributed by atoms with Crippen LogP contribution >= 0.6 is 0 Å². The second-order valence-corrected chi connectivity index (χ2v) is 7.48. The fourth-order valence-corrected chi connectivity index (χ4v) is 3.36. The summed E-state index contributed by atoms with van der Waals surface area (Å²) >= 11 is 0. The number of hydrogen-bond donors (Lipinski definition) is 2. The van der Waals surface area contributed by atoms with E-state index in [0.29, 0.717) is 19.1 Å². The van der Waals surface area contributed by atoms with Crippen LogP contribution in [0.25, 0.3) is 0 Å². The third-order valence-electron chi connectivity index (χ3n) is 5.25. The summed E-state index contributed by atoms with van der Waals surface area (Å²) in [5, 5.41) is 6.21. The molecule has 1 aromatic rings. The van der Waals surface area contributed by atoms with E-state index in [1.165, 1.54) is 49.8 Å². The Bertz CT molecular complexity index is 524. The maximum Gasteiger partial charge on any atom is 0.234 e. The molecule has 0 bridgehead atoms. The van der Waals surface area contributed by atoms with Crippen LogP contribution in [0.3, 0.4) is 0 Å². The largest absolute Gasteiger partial charge is 0.351 e. The lowest BCUT2D eigenvalue weighted by Gasteiger charge is -2.33. The van der Waals surface area contributed by atoms with Gasteiger partial charge in [-0.25, -0.2) is 0 Å². The van der Waals surface area contributed by atoms with Crippen molar-refractivity contribution in [2.75, 3.05) is 19.6 Å². The molecule has 3 rings (SSSR count). The van der Waals surface area contributed by atoms with Crippen LogP contribution < -0.4 is 10.6 Å². The average molecular weight is 329 g/mol. The second-order valence-electron chi connectivity index (χ2n) is 7.48. The van der Waals surface area contributed by atoms with E-state index in [9.17, 15) is 4.79 Å². The van der Waals surface area contributed by atoms with E-state index < -0.39 is 0 Å². The first-order chi connectivity index (χ1) is 11.7. The van der Waals surface area contributed by atoms with Crippen molar-refractivity contribution in [3.05, 3.63) is 35.4 Å². The summed E-state index contributed by atoms with van der Waals surface area (Å²) in [6, 6.07) is 9.38. The summed E-state index contributed by atoms with van der Waals surface area (Å²) in [6.45, 7) is 6.62. The number of benzene rings is 1. The molecule has 1 aliphatic carbocycles. The van der Waals surface area contributed by atoms with Crippen LogP contribution in [0, 0.1) is 5.92 Å². The van der Waals surface area contributed by atoms with Gasteiger partial charge in [0.05, 0.1) is 6.54 Å². The van der Waals surface area contributed by atoms with Gasteiger partial charge < -0.3 is 10.6 Å². The van der Waals surface area contributed by atoms with Crippen LogP contribution in [0.4, 0.5) is 0 Å². The monoisotopic (exact) mass is 329 g/mol. The van der Waals surface area contributed by atoms with Crippen LogP contribution in [-0.2, 0) is 17.9 Å². The third kappa shape index (κ3) is 5.60. The highest BCUT2D eigenvalue weighted by atomic mass is 16.1. The van der Waals surface area contributed by atoms with Gasteiger partial charge in [-0.15, -0.1) is 0 Å². The standard InChI is InChI=1S/C20H31N3O/c1-16-4-2-3-11-23(16)15-19-9-7-18(8-10-19)13-22-20(24)14-21-12-17-5-6-17/h7-10,16-17,21H,2-6,11-15H2,1H3,(H,22,24). The van der Waals surface area contributed by atoms with Gasteiger partial charge in [0.25, 0.3) is 0 Å². The van der Waals surface area contributed by atoms with Crippen LogP contribution in [0.15, 0.2) is 24.3 Å². The number of carbonyl (C=O) groups is 1. The Morgan fingerprint density at radius 3 is 2.58 bits per heavy atom. The van der Waals surface area contributed by atoms with Crippen LogP contribution in [0.2, 0.25) is 0 Å². The highest BCUT2D eigenvalue weighted by Gasteiger charge is 2.20. The molecule has 1 saturated carbocycles. The average Bonchev–Trinajstić information content (AvgIpc) is 3.41. The van der Waals surface area contributed by atoms with Gasteiger partial charge in [0.2, 0.25) is 5.91 Å². The minimum atomic E-state index is 0.0851. The number of nitrogens with zero attached hydrogens (tertiary/aromatic N) is 1. The molecule has 1 unspecified atom stereocenters. The van der Waals surface area contributed by atoms with E-state index in [2.05, 4.69) is 46.7 Å². The molecule has 1 aromatic carbocycles. The zero-order valence-electron chi connectivity index (χ0n) is 14.9. The lowest BCUT2D eigenvalue weighted by molar-refractivity contribution is -0.120. The Morgan fingerprint density at radius 1 is 1.12 bits per heavy atom. The number of amides is 1. The van der Waals surface area contributed by atoms with Gasteiger partial charge in [-0.2, -0.15) is 0 Å². The number of carbonyl (C=O) groups excluding carboxylic acids is 1. The lowest BCUT2D eigenvalue weighted by Crippen LogP contribution is -2.36. The minimum Gasteiger partial charge on any atom is -0.351 e. The van der Waals surface area contributed by atoms with Gasteiger partial charge in [-0.05, 0) is 62.7 Å². The van der Waals surface area contributed by atoms with Gasteiger partial charge in [0.1, 0.15) is 0 Å². The van der Waals surface area contributed by atoms with E-state index in [-0.39, 0.29) is 5.91 Å². The molecule has 2 fully saturated rings. The Morgan fingerprint density at radius 2 is 1.88 bits per heavy atom. The van der Waals surface area contributed by atoms with Gasteiger partial charge in [0.15, 0.2) is 0 Å². The van der Waals surface area contributed by atoms with Crippen molar-refractivity contribution in [2.24, 2.45) is 5.92 Å². The van der Waals surface area contributed by atoms with E-state index in [4.69, 9.17) is 0 Å². The maximum absolute atomic E-state index is 11.8. The van der Waals surface area contributed by atoms with Crippen molar-refractivity contribution in [1.82, 2.24) is 15.5 Å².